The molecule has 2 N–H and O–H groups in total. The molecule has 1 aliphatic heterocycles. The highest BCUT2D eigenvalue weighted by atomic mass is 32.2. The van der Waals surface area contributed by atoms with Gasteiger partial charge in [0.1, 0.15) is 23.0 Å². The van der Waals surface area contributed by atoms with Gasteiger partial charge in [-0.2, -0.15) is 11.8 Å². The SMILES string of the molecule is Cc1oc(CO)cc1S(=O)(=O)NCCN1CCSCC1. The number of nitrogens with zero attached hydrogens (tertiary/aromatic N) is 1. The molecule has 1 fully saturated rings. The third-order valence-corrected chi connectivity index (χ3v) is 5.70. The molecule has 0 aliphatic carbocycles. The van der Waals surface area contributed by atoms with Crippen LogP contribution in [0.4, 0.5) is 0 Å². The van der Waals surface area contributed by atoms with Crippen molar-refractivity contribution in [1.82, 2.24) is 9.62 Å². The lowest BCUT2D eigenvalue weighted by molar-refractivity contribution is 0.244. The van der Waals surface area contributed by atoms with Crippen LogP contribution in [-0.2, 0) is 16.6 Å². The van der Waals surface area contributed by atoms with E-state index >= 15 is 0 Å². The Hall–Kier alpha value is -0.540. The molecule has 0 atom stereocenters. The molecular formula is C12H20N2O4S2. The van der Waals surface area contributed by atoms with E-state index in [9.17, 15) is 8.42 Å². The van der Waals surface area contributed by atoms with Crippen molar-refractivity contribution in [1.29, 1.82) is 0 Å². The summed E-state index contributed by atoms with van der Waals surface area (Å²) in [5, 5.41) is 8.97. The Bertz CT molecular complexity index is 536. The van der Waals surface area contributed by atoms with E-state index in [0.29, 0.717) is 18.8 Å². The second-order valence-electron chi connectivity index (χ2n) is 4.64. The van der Waals surface area contributed by atoms with E-state index in [-0.39, 0.29) is 17.3 Å². The van der Waals surface area contributed by atoms with E-state index in [1.165, 1.54) is 6.07 Å². The van der Waals surface area contributed by atoms with E-state index in [1.54, 1.807) is 6.92 Å². The van der Waals surface area contributed by atoms with Gasteiger partial charge >= 0.3 is 0 Å². The Labute approximate surface area is 123 Å². The summed E-state index contributed by atoms with van der Waals surface area (Å²) in [5.41, 5.74) is 0. The van der Waals surface area contributed by atoms with E-state index < -0.39 is 10.0 Å². The molecule has 8 heteroatoms. The first-order valence-corrected chi connectivity index (χ1v) is 9.16. The summed E-state index contributed by atoms with van der Waals surface area (Å²) in [6.45, 7) is 4.38. The minimum Gasteiger partial charge on any atom is -0.462 e. The number of rotatable bonds is 6. The minimum atomic E-state index is -3.57. The van der Waals surface area contributed by atoms with Gasteiger partial charge in [-0.1, -0.05) is 0 Å². The van der Waals surface area contributed by atoms with Crippen molar-refractivity contribution >= 4 is 21.8 Å². The van der Waals surface area contributed by atoms with Crippen LogP contribution in [0.15, 0.2) is 15.4 Å². The number of furan rings is 1. The van der Waals surface area contributed by atoms with Crippen LogP contribution in [0.5, 0.6) is 0 Å². The topological polar surface area (TPSA) is 82.8 Å². The molecule has 20 heavy (non-hydrogen) atoms. The van der Waals surface area contributed by atoms with Crippen molar-refractivity contribution in [3.63, 3.8) is 0 Å². The Morgan fingerprint density at radius 3 is 2.75 bits per heavy atom. The predicted octanol–water partition coefficient (Wildman–Crippen LogP) is 0.407. The molecule has 1 aromatic rings. The zero-order valence-corrected chi connectivity index (χ0v) is 13.1. The summed E-state index contributed by atoms with van der Waals surface area (Å²) >= 11 is 1.93. The van der Waals surface area contributed by atoms with Gasteiger partial charge in [-0.25, -0.2) is 13.1 Å². The highest BCUT2D eigenvalue weighted by Crippen LogP contribution is 2.19. The van der Waals surface area contributed by atoms with E-state index in [1.807, 2.05) is 11.8 Å². The molecule has 0 amide bonds. The number of hydrogen-bond acceptors (Lipinski definition) is 6. The second kappa shape index (κ2) is 6.95. The monoisotopic (exact) mass is 320 g/mol. The van der Waals surface area contributed by atoms with E-state index in [2.05, 4.69) is 9.62 Å². The van der Waals surface area contributed by atoms with Crippen molar-refractivity contribution in [2.24, 2.45) is 0 Å². The largest absolute Gasteiger partial charge is 0.462 e. The molecule has 114 valence electrons. The van der Waals surface area contributed by atoms with Gasteiger partial charge < -0.3 is 14.4 Å². The first kappa shape index (κ1) is 15.8. The number of nitrogens with one attached hydrogen (secondary N) is 1. The molecule has 1 saturated heterocycles. The molecular weight excluding hydrogens is 300 g/mol. The number of aliphatic hydroxyl groups is 1. The molecule has 0 aromatic carbocycles. The average molecular weight is 320 g/mol. The molecule has 2 rings (SSSR count). The van der Waals surface area contributed by atoms with Crippen LogP contribution in [0.1, 0.15) is 11.5 Å². The lowest BCUT2D eigenvalue weighted by Crippen LogP contribution is -2.39. The fourth-order valence-corrected chi connectivity index (χ4v) is 4.31. The zero-order valence-electron chi connectivity index (χ0n) is 11.5. The lowest BCUT2D eigenvalue weighted by atomic mass is 10.4. The third kappa shape index (κ3) is 3.98. The van der Waals surface area contributed by atoms with E-state index in [4.69, 9.17) is 9.52 Å². The predicted molar refractivity (Wildman–Crippen MR) is 78.3 cm³/mol. The van der Waals surface area contributed by atoms with Crippen LogP contribution >= 0.6 is 11.8 Å². The van der Waals surface area contributed by atoms with Gasteiger partial charge in [0.15, 0.2) is 0 Å². The molecule has 0 bridgehead atoms. The fraction of sp³-hybridized carbons (Fsp3) is 0.667. The summed E-state index contributed by atoms with van der Waals surface area (Å²) in [5.74, 6) is 2.77. The molecule has 1 aromatic heterocycles. The molecule has 0 saturated carbocycles. The smallest absolute Gasteiger partial charge is 0.244 e. The van der Waals surface area contributed by atoms with Crippen molar-refractivity contribution in [2.75, 3.05) is 37.7 Å². The van der Waals surface area contributed by atoms with Crippen LogP contribution in [0.25, 0.3) is 0 Å². The molecule has 1 aliphatic rings. The van der Waals surface area contributed by atoms with Crippen molar-refractivity contribution in [2.45, 2.75) is 18.4 Å². The molecule has 6 nitrogen and oxygen atoms in total. The van der Waals surface area contributed by atoms with Crippen molar-refractivity contribution < 1.29 is 17.9 Å². The Morgan fingerprint density at radius 1 is 1.45 bits per heavy atom. The summed E-state index contributed by atoms with van der Waals surface area (Å²) < 4.78 is 32.0. The Kier molecular flexibility index (Phi) is 5.50. The minimum absolute atomic E-state index is 0.107. The van der Waals surface area contributed by atoms with Gasteiger partial charge in [0.25, 0.3) is 0 Å². The van der Waals surface area contributed by atoms with Crippen LogP contribution in [0.3, 0.4) is 0 Å². The maximum absolute atomic E-state index is 12.1. The fourth-order valence-electron chi connectivity index (χ4n) is 2.11. The second-order valence-corrected chi connectivity index (χ2v) is 7.60. The standard InChI is InChI=1S/C12H20N2O4S2/c1-10-12(8-11(9-15)18-10)20(16,17)13-2-3-14-4-6-19-7-5-14/h8,13,15H,2-7,9H2,1H3. The van der Waals surface area contributed by atoms with Gasteiger partial charge in [-0.3, -0.25) is 0 Å². The van der Waals surface area contributed by atoms with Gasteiger partial charge in [-0.05, 0) is 6.92 Å². The van der Waals surface area contributed by atoms with Gasteiger partial charge in [0.2, 0.25) is 10.0 Å². The maximum Gasteiger partial charge on any atom is 0.244 e. The maximum atomic E-state index is 12.1. The van der Waals surface area contributed by atoms with Crippen LogP contribution < -0.4 is 4.72 Å². The quantitative estimate of drug-likeness (QED) is 0.790. The van der Waals surface area contributed by atoms with Crippen LogP contribution in [0, 0.1) is 6.92 Å². The highest BCUT2D eigenvalue weighted by Gasteiger charge is 2.21. The third-order valence-electron chi connectivity index (χ3n) is 3.19. The average Bonchev–Trinajstić information content (AvgIpc) is 2.82. The van der Waals surface area contributed by atoms with Crippen molar-refractivity contribution in [3.05, 3.63) is 17.6 Å². The molecule has 0 unspecified atom stereocenters. The Balaban J connectivity index is 1.91. The zero-order chi connectivity index (χ0) is 14.6. The van der Waals surface area contributed by atoms with Gasteiger partial charge in [-0.15, -0.1) is 0 Å². The number of sulfonamides is 1. The summed E-state index contributed by atoms with van der Waals surface area (Å²) in [6, 6.07) is 1.37. The van der Waals surface area contributed by atoms with Gasteiger partial charge in [0, 0.05) is 43.8 Å². The molecule has 0 radical (unpaired) electrons. The van der Waals surface area contributed by atoms with Crippen LogP contribution in [0.2, 0.25) is 0 Å². The van der Waals surface area contributed by atoms with Crippen LogP contribution in [-0.4, -0.2) is 56.1 Å². The lowest BCUT2D eigenvalue weighted by Gasteiger charge is -2.25. The first-order chi connectivity index (χ1) is 9.53. The summed E-state index contributed by atoms with van der Waals surface area (Å²) in [7, 11) is -3.57. The summed E-state index contributed by atoms with van der Waals surface area (Å²) in [4.78, 5) is 2.36. The van der Waals surface area contributed by atoms with Gasteiger partial charge in [0.05, 0.1) is 0 Å². The highest BCUT2D eigenvalue weighted by molar-refractivity contribution is 7.99. The number of thioether (sulfide) groups is 1. The number of aryl methyl sites for hydroxylation is 1. The number of aliphatic hydroxyl groups excluding tert-OH is 1. The Morgan fingerprint density at radius 2 is 2.15 bits per heavy atom. The number of hydrogen-bond donors (Lipinski definition) is 2. The molecule has 0 spiro atoms. The normalized spacial score (nSPS) is 17.5. The first-order valence-electron chi connectivity index (χ1n) is 6.53. The van der Waals surface area contributed by atoms with Crippen molar-refractivity contribution in [3.8, 4) is 0 Å². The summed E-state index contributed by atoms with van der Waals surface area (Å²) in [6.07, 6.45) is 0. The van der Waals surface area contributed by atoms with E-state index in [0.717, 1.165) is 24.6 Å². The molecule has 2 heterocycles.